The molecule has 0 aromatic heterocycles. The van der Waals surface area contributed by atoms with Crippen LogP contribution in [0.3, 0.4) is 0 Å². The molecule has 462 valence electrons. The highest BCUT2D eigenvalue weighted by molar-refractivity contribution is 7.41. The van der Waals surface area contributed by atoms with E-state index in [4.69, 9.17) is 18.5 Å². The lowest BCUT2D eigenvalue weighted by atomic mass is 9.83. The molecule has 0 fully saturated rings. The van der Waals surface area contributed by atoms with E-state index in [1.165, 1.54) is 231 Å². The van der Waals surface area contributed by atoms with Crippen LogP contribution in [-0.4, -0.2) is 30.0 Å². The van der Waals surface area contributed by atoms with Gasteiger partial charge >= 0.3 is 20.5 Å². The quantitative estimate of drug-likeness (QED) is 0.0401. The molecule has 0 spiro atoms. The fourth-order valence-corrected chi connectivity index (χ4v) is 12.1. The Kier molecular flexibility index (Phi) is 42.9. The first-order valence-corrected chi connectivity index (χ1v) is 35.1. The largest absolute Gasteiger partial charge is 0.466 e. The van der Waals surface area contributed by atoms with Crippen molar-refractivity contribution in [3.63, 3.8) is 0 Å². The number of esters is 2. The van der Waals surface area contributed by atoms with Crippen LogP contribution in [-0.2, 0) is 42.7 Å². The first kappa shape index (κ1) is 73.5. The Labute approximate surface area is 496 Å². The molecule has 0 bridgehead atoms. The molecule has 0 aliphatic rings. The van der Waals surface area contributed by atoms with Gasteiger partial charge in [-0.15, -0.1) is 0 Å². The van der Waals surface area contributed by atoms with Crippen LogP contribution >= 0.6 is 8.60 Å². The van der Waals surface area contributed by atoms with E-state index in [-0.39, 0.29) is 22.8 Å². The highest BCUT2D eigenvalue weighted by atomic mass is 31.2. The number of hydrogen-bond donors (Lipinski definition) is 1. The first-order valence-electron chi connectivity index (χ1n) is 34.0. The topological polar surface area (TPSA) is 91.3 Å². The van der Waals surface area contributed by atoms with Gasteiger partial charge in [-0.1, -0.05) is 324 Å². The second-order valence-electron chi connectivity index (χ2n) is 26.4. The van der Waals surface area contributed by atoms with Gasteiger partial charge in [-0.25, -0.2) is 0 Å². The highest BCUT2D eigenvalue weighted by Crippen LogP contribution is 2.47. The molecular formula is C72H127O7P. The molecule has 0 aliphatic heterocycles. The van der Waals surface area contributed by atoms with Crippen LogP contribution in [0.4, 0.5) is 0 Å². The standard InChI is InChI=1S/C72H127O7P/c1-11-13-15-17-19-21-23-25-27-29-31-33-35-37-39-41-43-45-47-49-55-76-67(73)53-51-63-57-61(3)69(65(59-63)71(5,6)7)78-80(75)79-70-62(4)58-64(60-66(70)72(8,9)10)52-54-68(74)77-56-50-48-46-44-42-40-38-36-34-32-30-28-26-24-22-20-18-16-14-12-2/h57-60,75H,11-56H2,1-10H3. The van der Waals surface area contributed by atoms with Crippen LogP contribution in [0.1, 0.15) is 358 Å². The maximum Gasteiger partial charge on any atom is 0.460 e. The van der Waals surface area contributed by atoms with Crippen molar-refractivity contribution in [1.82, 2.24) is 0 Å². The molecular weight excluding hydrogens is 1010 g/mol. The molecule has 0 atom stereocenters. The smallest absolute Gasteiger partial charge is 0.460 e. The van der Waals surface area contributed by atoms with Gasteiger partial charge in [0.15, 0.2) is 0 Å². The molecule has 0 radical (unpaired) electrons. The van der Waals surface area contributed by atoms with E-state index in [0.29, 0.717) is 50.4 Å². The van der Waals surface area contributed by atoms with E-state index in [0.717, 1.165) is 59.1 Å². The summed E-state index contributed by atoms with van der Waals surface area (Å²) < 4.78 is 24.0. The molecule has 0 unspecified atom stereocenters. The van der Waals surface area contributed by atoms with E-state index in [1.54, 1.807) is 0 Å². The summed E-state index contributed by atoms with van der Waals surface area (Å²) in [5.41, 5.74) is 5.18. The van der Waals surface area contributed by atoms with E-state index in [1.807, 2.05) is 26.0 Å². The molecule has 0 saturated heterocycles. The molecule has 7 nitrogen and oxygen atoms in total. The zero-order chi connectivity index (χ0) is 58.5. The number of unbranched alkanes of at least 4 members (excludes halogenated alkanes) is 38. The van der Waals surface area contributed by atoms with Crippen LogP contribution in [0.25, 0.3) is 0 Å². The minimum absolute atomic E-state index is 0.155. The lowest BCUT2D eigenvalue weighted by Crippen LogP contribution is -2.16. The molecule has 0 saturated carbocycles. The molecule has 8 heteroatoms. The van der Waals surface area contributed by atoms with Crippen molar-refractivity contribution in [3.05, 3.63) is 57.6 Å². The maximum atomic E-state index is 12.8. The van der Waals surface area contributed by atoms with Crippen molar-refractivity contribution in [2.24, 2.45) is 0 Å². The molecule has 2 rings (SSSR count). The van der Waals surface area contributed by atoms with Crippen LogP contribution in [0, 0.1) is 13.8 Å². The van der Waals surface area contributed by atoms with E-state index < -0.39 is 8.60 Å². The van der Waals surface area contributed by atoms with Crippen molar-refractivity contribution in [2.75, 3.05) is 13.2 Å². The van der Waals surface area contributed by atoms with Gasteiger partial charge in [0, 0.05) is 24.0 Å². The Morgan fingerprint density at radius 3 is 0.825 bits per heavy atom. The number of carbonyl (C=O) groups is 2. The maximum absolute atomic E-state index is 12.8. The van der Waals surface area contributed by atoms with Crippen LogP contribution in [0.2, 0.25) is 0 Å². The third kappa shape index (κ3) is 37.5. The predicted octanol–water partition coefficient (Wildman–Crippen LogP) is 23.2. The van der Waals surface area contributed by atoms with E-state index >= 15 is 0 Å². The van der Waals surface area contributed by atoms with Crippen molar-refractivity contribution in [2.45, 2.75) is 363 Å². The third-order valence-electron chi connectivity index (χ3n) is 16.4. The van der Waals surface area contributed by atoms with Crippen molar-refractivity contribution >= 4 is 20.5 Å². The molecule has 2 aromatic rings. The van der Waals surface area contributed by atoms with Gasteiger partial charge in [-0.2, -0.15) is 0 Å². The number of carbonyl (C=O) groups excluding carboxylic acids is 2. The van der Waals surface area contributed by atoms with Gasteiger partial charge in [-0.05, 0) is 72.6 Å². The first-order chi connectivity index (χ1) is 38.6. The Hall–Kier alpha value is -2.63. The second kappa shape index (κ2) is 46.7. The molecule has 80 heavy (non-hydrogen) atoms. The fourth-order valence-electron chi connectivity index (χ4n) is 11.2. The zero-order valence-corrected chi connectivity index (χ0v) is 55.1. The Balaban J connectivity index is 1.66. The molecule has 1 N–H and O–H groups in total. The molecule has 0 amide bonds. The molecule has 2 aromatic carbocycles. The van der Waals surface area contributed by atoms with Gasteiger partial charge in [0.25, 0.3) is 0 Å². The second-order valence-corrected chi connectivity index (χ2v) is 27.2. The molecule has 0 heterocycles. The van der Waals surface area contributed by atoms with Crippen molar-refractivity contribution < 1.29 is 33.0 Å². The summed E-state index contributed by atoms with van der Waals surface area (Å²) in [5, 5.41) is 0. The number of ether oxygens (including phenoxy) is 2. The normalized spacial score (nSPS) is 11.9. The highest BCUT2D eigenvalue weighted by Gasteiger charge is 2.28. The number of rotatable bonds is 52. The minimum Gasteiger partial charge on any atom is -0.466 e. The van der Waals surface area contributed by atoms with Gasteiger partial charge in [0.2, 0.25) is 0 Å². The summed E-state index contributed by atoms with van der Waals surface area (Å²) in [6.07, 6.45) is 55.7. The van der Waals surface area contributed by atoms with Gasteiger partial charge < -0.3 is 23.4 Å². The van der Waals surface area contributed by atoms with Crippen LogP contribution in [0.5, 0.6) is 11.5 Å². The molecule has 0 aliphatic carbocycles. The van der Waals surface area contributed by atoms with E-state index in [9.17, 15) is 14.5 Å². The zero-order valence-electron chi connectivity index (χ0n) is 54.2. The van der Waals surface area contributed by atoms with Crippen LogP contribution < -0.4 is 9.05 Å². The average molecular weight is 1140 g/mol. The lowest BCUT2D eigenvalue weighted by molar-refractivity contribution is -0.144. The fraction of sp³-hybridized carbons (Fsp3) is 0.806. The lowest BCUT2D eigenvalue weighted by Gasteiger charge is -2.28. The van der Waals surface area contributed by atoms with Gasteiger partial charge in [-0.3, -0.25) is 9.59 Å². The summed E-state index contributed by atoms with van der Waals surface area (Å²) in [7, 11) is -2.34. The SMILES string of the molecule is CCCCCCCCCCCCCCCCCCCCCCOC(=O)CCc1cc(C)c(OP(O)Oc2c(C)cc(CCC(=O)OCCCCCCCCCCCCCCCCCCCCCC)cc2C(C)(C)C)c(C(C)(C)C)c1. The van der Waals surface area contributed by atoms with Crippen molar-refractivity contribution in [1.29, 1.82) is 0 Å². The minimum atomic E-state index is -2.34. The number of benzene rings is 2. The summed E-state index contributed by atoms with van der Waals surface area (Å²) in [4.78, 5) is 37.1. The third-order valence-corrected chi connectivity index (χ3v) is 17.1. The summed E-state index contributed by atoms with van der Waals surface area (Å²) in [5.74, 6) is 0.908. The summed E-state index contributed by atoms with van der Waals surface area (Å²) in [6, 6.07) is 8.31. The predicted molar refractivity (Wildman–Crippen MR) is 345 cm³/mol. The summed E-state index contributed by atoms with van der Waals surface area (Å²) in [6.45, 7) is 22.3. The van der Waals surface area contributed by atoms with Crippen LogP contribution in [0.15, 0.2) is 24.3 Å². The van der Waals surface area contributed by atoms with Gasteiger partial charge in [0.05, 0.1) is 13.2 Å². The number of aryl methyl sites for hydroxylation is 4. The van der Waals surface area contributed by atoms with Gasteiger partial charge in [0.1, 0.15) is 11.5 Å². The number of hydrogen-bond acceptors (Lipinski definition) is 7. The average Bonchev–Trinajstić information content (AvgIpc) is 3.47. The van der Waals surface area contributed by atoms with E-state index in [2.05, 4.69) is 67.5 Å². The Bertz CT molecular complexity index is 1710. The Morgan fingerprint density at radius 1 is 0.375 bits per heavy atom. The van der Waals surface area contributed by atoms with Crippen molar-refractivity contribution in [3.8, 4) is 11.5 Å². The summed E-state index contributed by atoms with van der Waals surface area (Å²) >= 11 is 0. The Morgan fingerprint density at radius 2 is 0.600 bits per heavy atom. The monoisotopic (exact) mass is 1130 g/mol.